The highest BCUT2D eigenvalue weighted by atomic mass is 16.2. The van der Waals surface area contributed by atoms with Gasteiger partial charge in [0.25, 0.3) is 0 Å². The molecule has 2 fully saturated rings. The molecule has 3 aliphatic rings. The zero-order chi connectivity index (χ0) is 18.1. The molecule has 5 nitrogen and oxygen atoms in total. The molecule has 2 saturated heterocycles. The van der Waals surface area contributed by atoms with Gasteiger partial charge in [-0.2, -0.15) is 0 Å². The monoisotopic (exact) mass is 338 g/mol. The maximum atomic E-state index is 13.3. The standard InChI is InChI=1S/C20H22N2O3/c1-10-9-13-14-15(19(25)21-18(14)24)16(17(23)20(2,3)4)22(13)12-8-6-5-7-11(10)12/h5-9,13-16H,1-4H3,(H,21,24,25)/t13-,14+,15-,16+/m1/s1. The van der Waals surface area contributed by atoms with Gasteiger partial charge in [0.15, 0.2) is 5.78 Å². The van der Waals surface area contributed by atoms with Crippen LogP contribution in [0.15, 0.2) is 30.3 Å². The maximum Gasteiger partial charge on any atom is 0.233 e. The lowest BCUT2D eigenvalue weighted by Gasteiger charge is -2.39. The number of hydrogen-bond acceptors (Lipinski definition) is 4. The van der Waals surface area contributed by atoms with Crippen LogP contribution in [0, 0.1) is 17.3 Å². The zero-order valence-corrected chi connectivity index (χ0v) is 14.9. The van der Waals surface area contributed by atoms with Crippen molar-refractivity contribution in [3.8, 4) is 0 Å². The van der Waals surface area contributed by atoms with Crippen LogP contribution in [-0.4, -0.2) is 29.7 Å². The molecule has 0 spiro atoms. The number of carbonyl (C=O) groups is 3. The number of hydrogen-bond donors (Lipinski definition) is 1. The third-order valence-corrected chi connectivity index (χ3v) is 5.60. The van der Waals surface area contributed by atoms with E-state index in [0.29, 0.717) is 0 Å². The summed E-state index contributed by atoms with van der Waals surface area (Å²) in [5.41, 5.74) is 2.47. The number of imide groups is 1. The Bertz CT molecular complexity index is 834. The van der Waals surface area contributed by atoms with E-state index in [-0.39, 0.29) is 23.6 Å². The summed E-state index contributed by atoms with van der Waals surface area (Å²) in [5, 5.41) is 2.44. The van der Waals surface area contributed by atoms with Crippen LogP contribution in [0.25, 0.3) is 5.57 Å². The second-order valence-corrected chi connectivity index (χ2v) is 8.23. The molecule has 0 aromatic heterocycles. The second kappa shape index (κ2) is 5.04. The number of rotatable bonds is 1. The van der Waals surface area contributed by atoms with Gasteiger partial charge >= 0.3 is 0 Å². The van der Waals surface area contributed by atoms with E-state index in [1.165, 1.54) is 0 Å². The molecule has 4 rings (SSSR count). The number of nitrogens with one attached hydrogen (secondary N) is 1. The molecular formula is C20H22N2O3. The molecule has 0 bridgehead atoms. The van der Waals surface area contributed by atoms with Gasteiger partial charge in [-0.15, -0.1) is 0 Å². The zero-order valence-electron chi connectivity index (χ0n) is 14.9. The largest absolute Gasteiger partial charge is 0.353 e. The summed E-state index contributed by atoms with van der Waals surface area (Å²) in [6.45, 7) is 7.61. The lowest BCUT2D eigenvalue weighted by atomic mass is 9.79. The Balaban J connectivity index is 1.93. The van der Waals surface area contributed by atoms with E-state index in [1.807, 2.05) is 62.9 Å². The Hall–Kier alpha value is -2.43. The maximum absolute atomic E-state index is 13.3. The molecule has 3 aliphatic heterocycles. The number of amides is 2. The normalized spacial score (nSPS) is 30.4. The third kappa shape index (κ3) is 2.11. The van der Waals surface area contributed by atoms with Gasteiger partial charge < -0.3 is 4.90 Å². The van der Waals surface area contributed by atoms with Crippen molar-refractivity contribution in [2.75, 3.05) is 4.90 Å². The molecule has 0 unspecified atom stereocenters. The fraction of sp³-hybridized carbons (Fsp3) is 0.450. The molecular weight excluding hydrogens is 316 g/mol. The van der Waals surface area contributed by atoms with Gasteiger partial charge in [-0.05, 0) is 18.6 Å². The first-order valence-corrected chi connectivity index (χ1v) is 8.67. The van der Waals surface area contributed by atoms with Crippen LogP contribution in [0.3, 0.4) is 0 Å². The molecule has 130 valence electrons. The van der Waals surface area contributed by atoms with Gasteiger partial charge in [0.05, 0.1) is 17.9 Å². The number of allylic oxidation sites excluding steroid dienone is 1. The Morgan fingerprint density at radius 1 is 1.08 bits per heavy atom. The van der Waals surface area contributed by atoms with Crippen molar-refractivity contribution >= 4 is 28.9 Å². The van der Waals surface area contributed by atoms with Crippen LogP contribution >= 0.6 is 0 Å². The molecule has 4 atom stereocenters. The fourth-order valence-electron chi connectivity index (χ4n) is 4.46. The Morgan fingerprint density at radius 2 is 1.72 bits per heavy atom. The van der Waals surface area contributed by atoms with Gasteiger partial charge in [-0.3, -0.25) is 19.7 Å². The van der Waals surface area contributed by atoms with E-state index in [0.717, 1.165) is 16.8 Å². The van der Waals surface area contributed by atoms with E-state index in [1.54, 1.807) is 0 Å². The molecule has 0 aliphatic carbocycles. The summed E-state index contributed by atoms with van der Waals surface area (Å²) < 4.78 is 0. The van der Waals surface area contributed by atoms with Crippen LogP contribution in [0.2, 0.25) is 0 Å². The minimum absolute atomic E-state index is 0.00222. The summed E-state index contributed by atoms with van der Waals surface area (Å²) in [6.07, 6.45) is 2.04. The number of nitrogens with zero attached hydrogens (tertiary/aromatic N) is 1. The van der Waals surface area contributed by atoms with Crippen molar-refractivity contribution in [3.05, 3.63) is 35.9 Å². The summed E-state index contributed by atoms with van der Waals surface area (Å²) in [7, 11) is 0. The molecule has 1 aromatic rings. The first kappa shape index (κ1) is 16.1. The Labute approximate surface area is 147 Å². The second-order valence-electron chi connectivity index (χ2n) is 8.23. The topological polar surface area (TPSA) is 66.5 Å². The summed E-state index contributed by atoms with van der Waals surface area (Å²) in [4.78, 5) is 40.2. The molecule has 0 saturated carbocycles. The number of carbonyl (C=O) groups excluding carboxylic acids is 3. The lowest BCUT2D eigenvalue weighted by Crippen LogP contribution is -2.51. The van der Waals surface area contributed by atoms with E-state index < -0.39 is 23.3 Å². The quantitative estimate of drug-likeness (QED) is 0.797. The molecule has 5 heteroatoms. The molecule has 0 radical (unpaired) electrons. The molecule has 3 heterocycles. The van der Waals surface area contributed by atoms with Crippen molar-refractivity contribution in [1.82, 2.24) is 5.32 Å². The fourth-order valence-corrected chi connectivity index (χ4v) is 4.46. The SMILES string of the molecule is CC1=C[C@@H]2[C@@H]3C(=O)NC(=O)[C@H]3[C@@H](C(=O)C(C)(C)C)N2c2ccccc21. The molecule has 2 amide bonds. The number of fused-ring (bicyclic) bond motifs is 5. The predicted molar refractivity (Wildman–Crippen MR) is 94.7 cm³/mol. The van der Waals surface area contributed by atoms with E-state index >= 15 is 0 Å². The van der Waals surface area contributed by atoms with E-state index in [9.17, 15) is 14.4 Å². The molecule has 1 aromatic carbocycles. The summed E-state index contributed by atoms with van der Waals surface area (Å²) in [5.74, 6) is -1.72. The van der Waals surface area contributed by atoms with Crippen molar-refractivity contribution in [3.63, 3.8) is 0 Å². The molecule has 25 heavy (non-hydrogen) atoms. The first-order valence-electron chi connectivity index (χ1n) is 8.67. The highest BCUT2D eigenvalue weighted by Crippen LogP contribution is 2.49. The average Bonchev–Trinajstić information content (AvgIpc) is 3.02. The molecule has 1 N–H and O–H groups in total. The lowest BCUT2D eigenvalue weighted by molar-refractivity contribution is -0.132. The average molecular weight is 338 g/mol. The number of benzene rings is 1. The predicted octanol–water partition coefficient (Wildman–Crippen LogP) is 2.16. The third-order valence-electron chi connectivity index (χ3n) is 5.60. The first-order chi connectivity index (χ1) is 11.7. The number of ketones is 1. The van der Waals surface area contributed by atoms with Crippen LogP contribution in [0.5, 0.6) is 0 Å². The van der Waals surface area contributed by atoms with Gasteiger partial charge in [-0.25, -0.2) is 0 Å². The number of Topliss-reactive ketones (excluding diaryl/α,β-unsaturated/α-hetero) is 1. The van der Waals surface area contributed by atoms with E-state index in [2.05, 4.69) is 5.32 Å². The van der Waals surface area contributed by atoms with Crippen LogP contribution in [0.1, 0.15) is 33.3 Å². The van der Waals surface area contributed by atoms with Crippen LogP contribution in [-0.2, 0) is 14.4 Å². The van der Waals surface area contributed by atoms with Crippen molar-refractivity contribution < 1.29 is 14.4 Å². The van der Waals surface area contributed by atoms with Crippen LogP contribution in [0.4, 0.5) is 5.69 Å². The smallest absolute Gasteiger partial charge is 0.233 e. The summed E-state index contributed by atoms with van der Waals surface area (Å²) in [6, 6.07) is 7.02. The Morgan fingerprint density at radius 3 is 2.40 bits per heavy atom. The number of para-hydroxylation sites is 1. The van der Waals surface area contributed by atoms with Gasteiger partial charge in [0.2, 0.25) is 11.8 Å². The summed E-state index contributed by atoms with van der Waals surface area (Å²) >= 11 is 0. The van der Waals surface area contributed by atoms with Crippen LogP contribution < -0.4 is 10.2 Å². The number of anilines is 1. The van der Waals surface area contributed by atoms with Crippen molar-refractivity contribution in [2.24, 2.45) is 17.3 Å². The Kier molecular flexibility index (Phi) is 3.24. The minimum atomic E-state index is -0.626. The van der Waals surface area contributed by atoms with Gasteiger partial charge in [0, 0.05) is 16.7 Å². The minimum Gasteiger partial charge on any atom is -0.353 e. The van der Waals surface area contributed by atoms with Gasteiger partial charge in [0.1, 0.15) is 6.04 Å². The van der Waals surface area contributed by atoms with Crippen molar-refractivity contribution in [1.29, 1.82) is 0 Å². The highest BCUT2D eigenvalue weighted by Gasteiger charge is 2.62. The van der Waals surface area contributed by atoms with Gasteiger partial charge in [-0.1, -0.05) is 45.0 Å². The highest BCUT2D eigenvalue weighted by molar-refractivity contribution is 6.12. The van der Waals surface area contributed by atoms with Crippen molar-refractivity contribution in [2.45, 2.75) is 39.8 Å². The van der Waals surface area contributed by atoms with E-state index in [4.69, 9.17) is 0 Å².